The molecule has 1 aliphatic heterocycles. The van der Waals surface area contributed by atoms with Crippen molar-refractivity contribution in [2.75, 3.05) is 13.2 Å². The first kappa shape index (κ1) is 25.4. The van der Waals surface area contributed by atoms with Gasteiger partial charge in [0, 0.05) is 25.6 Å². The number of carbonyl (C=O) groups is 1. The zero-order valence-corrected chi connectivity index (χ0v) is 18.7. The maximum atomic E-state index is 10.6. The molecule has 0 aliphatic carbocycles. The predicted molar refractivity (Wildman–Crippen MR) is 115 cm³/mol. The van der Waals surface area contributed by atoms with E-state index in [1.165, 1.54) is 18.9 Å². The minimum atomic E-state index is -1.21. The van der Waals surface area contributed by atoms with E-state index < -0.39 is 5.97 Å². The first-order valence-corrected chi connectivity index (χ1v) is 11.0. The summed E-state index contributed by atoms with van der Waals surface area (Å²) in [6.07, 6.45) is 5.82. The van der Waals surface area contributed by atoms with Crippen LogP contribution in [0.3, 0.4) is 0 Å². The molecule has 0 spiro atoms. The molecular weight excluding hydrogens is 431 g/mol. The van der Waals surface area contributed by atoms with Crippen molar-refractivity contribution in [3.63, 3.8) is 0 Å². The molecule has 0 aromatic carbocycles. The number of pyridine rings is 2. The molecular formula is C21H21LiN2O5S2. The van der Waals surface area contributed by atoms with E-state index in [2.05, 4.69) is 9.97 Å². The Morgan fingerprint density at radius 3 is 2.16 bits per heavy atom. The van der Waals surface area contributed by atoms with Crippen molar-refractivity contribution in [2.24, 2.45) is 0 Å². The van der Waals surface area contributed by atoms with Gasteiger partial charge >= 0.3 is 18.9 Å². The molecule has 0 saturated carbocycles. The molecule has 7 nitrogen and oxygen atoms in total. The molecule has 0 amide bonds. The molecule has 4 aromatic heterocycles. The van der Waals surface area contributed by atoms with Gasteiger partial charge in [0.1, 0.15) is 0 Å². The van der Waals surface area contributed by atoms with E-state index in [1.54, 1.807) is 29.8 Å². The number of nitrogens with zero attached hydrogens (tertiary/aromatic N) is 2. The van der Waals surface area contributed by atoms with Crippen LogP contribution >= 0.6 is 22.7 Å². The molecule has 10 heteroatoms. The number of rotatable bonds is 3. The molecule has 1 fully saturated rings. The van der Waals surface area contributed by atoms with Gasteiger partial charge in [-0.15, -0.1) is 22.7 Å². The number of aromatic nitrogens is 2. The van der Waals surface area contributed by atoms with E-state index in [9.17, 15) is 9.90 Å². The molecule has 1 saturated heterocycles. The summed E-state index contributed by atoms with van der Waals surface area (Å²) in [5, 5.41) is 30.5. The number of fused-ring (bicyclic) bond motifs is 2. The minimum absolute atomic E-state index is 0. The van der Waals surface area contributed by atoms with Crippen LogP contribution in [0.5, 0.6) is 0 Å². The molecule has 0 radical (unpaired) electrons. The fraction of sp³-hybridized carbons (Fsp3) is 0.286. The first-order chi connectivity index (χ1) is 14.6. The van der Waals surface area contributed by atoms with Gasteiger partial charge in [0.25, 0.3) is 0 Å². The second-order valence-corrected chi connectivity index (χ2v) is 8.29. The van der Waals surface area contributed by atoms with Gasteiger partial charge in [-0.25, -0.2) is 0 Å². The number of carbonyl (C=O) groups excluding carboxylic acids is 1. The second-order valence-electron chi connectivity index (χ2n) is 6.32. The van der Waals surface area contributed by atoms with Crippen LogP contribution in [-0.2, 0) is 18.0 Å². The number of hydrogen-bond acceptors (Lipinski definition) is 9. The number of aromatic carboxylic acids is 1. The summed E-state index contributed by atoms with van der Waals surface area (Å²) in [5.74, 6) is -1.21. The van der Waals surface area contributed by atoms with E-state index in [1.807, 2.05) is 17.5 Å². The van der Waals surface area contributed by atoms with E-state index in [4.69, 9.17) is 14.9 Å². The van der Waals surface area contributed by atoms with Gasteiger partial charge in [0.15, 0.2) is 0 Å². The van der Waals surface area contributed by atoms with Crippen molar-refractivity contribution < 1.29 is 43.7 Å². The van der Waals surface area contributed by atoms with Crippen molar-refractivity contribution >= 4 is 49.1 Å². The largest absolute Gasteiger partial charge is 1.00 e. The summed E-state index contributed by atoms with van der Waals surface area (Å²) in [4.78, 5) is 18.9. The molecule has 0 atom stereocenters. The zero-order chi connectivity index (χ0) is 21.3. The normalized spacial score (nSPS) is 12.5. The number of thiophene rings is 2. The Balaban J connectivity index is 0.000000179. The summed E-state index contributed by atoms with van der Waals surface area (Å²) in [6.45, 7) is 1.98. The smallest absolute Gasteiger partial charge is 0.544 e. The van der Waals surface area contributed by atoms with E-state index in [0.29, 0.717) is 15.8 Å². The van der Waals surface area contributed by atoms with Crippen LogP contribution in [0, 0.1) is 0 Å². The van der Waals surface area contributed by atoms with Gasteiger partial charge in [-0.1, -0.05) is 0 Å². The summed E-state index contributed by atoms with van der Waals surface area (Å²) in [5.41, 5.74) is 3.21. The standard InChI is InChI=1S/C9H7NO3S.C8H7NOS.C4H8O.Li/c11-4-5-1-2-10-6-3-7(9(12)13)14-8(5)6;10-5-6-1-3-9-7-2-4-11-8(6)7;1-2-4-5-3-1;/h1-3,11H,4H2,(H,12,13);1-4,10H,5H2;1-4H2;/q;;;+1/p-1. The molecule has 158 valence electrons. The second kappa shape index (κ2) is 12.9. The summed E-state index contributed by atoms with van der Waals surface area (Å²) < 4.78 is 6.74. The van der Waals surface area contributed by atoms with Crippen molar-refractivity contribution in [1.82, 2.24) is 9.97 Å². The van der Waals surface area contributed by atoms with E-state index >= 15 is 0 Å². The van der Waals surface area contributed by atoms with E-state index in [0.717, 1.165) is 40.3 Å². The Morgan fingerprint density at radius 1 is 1.00 bits per heavy atom. The Hall–Kier alpha value is -1.83. The number of hydrogen-bond donors (Lipinski definition) is 2. The minimum Gasteiger partial charge on any atom is -0.544 e. The number of ether oxygens (including phenoxy) is 1. The van der Waals surface area contributed by atoms with Crippen LogP contribution in [0.2, 0.25) is 0 Å². The predicted octanol–water partition coefficient (Wildman–Crippen LogP) is -0.259. The Morgan fingerprint density at radius 2 is 1.61 bits per heavy atom. The fourth-order valence-electron chi connectivity index (χ4n) is 2.78. The van der Waals surface area contributed by atoms with Crippen molar-refractivity contribution in [3.05, 3.63) is 58.0 Å². The summed E-state index contributed by atoms with van der Waals surface area (Å²) in [7, 11) is 0. The third-order valence-corrected chi connectivity index (χ3v) is 6.45. The summed E-state index contributed by atoms with van der Waals surface area (Å²) in [6, 6.07) is 6.92. The number of carboxylic acid groups (broad SMARTS) is 1. The SMILES string of the molecule is C1CCOC1.O=C([O-])c1cc2nccc(CO)c2s1.OCc1ccnc2ccsc12.[Li+]. The fourth-order valence-corrected chi connectivity index (χ4v) is 4.59. The van der Waals surface area contributed by atoms with Crippen LogP contribution in [0.1, 0.15) is 33.6 Å². The quantitative estimate of drug-likeness (QED) is 0.412. The van der Waals surface area contributed by atoms with Crippen LogP contribution in [0.15, 0.2) is 42.0 Å². The molecule has 1 aliphatic rings. The van der Waals surface area contributed by atoms with Crippen LogP contribution < -0.4 is 24.0 Å². The van der Waals surface area contributed by atoms with Gasteiger partial charge < -0.3 is 24.9 Å². The molecule has 4 aromatic rings. The third-order valence-electron chi connectivity index (χ3n) is 4.29. The van der Waals surface area contributed by atoms with Gasteiger partial charge in [0.2, 0.25) is 0 Å². The monoisotopic (exact) mass is 452 g/mol. The maximum absolute atomic E-state index is 10.6. The number of aliphatic hydroxyl groups is 2. The molecule has 5 rings (SSSR count). The van der Waals surface area contributed by atoms with Gasteiger partial charge in [-0.05, 0) is 53.6 Å². The Bertz CT molecular complexity index is 1100. The van der Waals surface area contributed by atoms with Gasteiger partial charge in [0.05, 0.1) is 44.5 Å². The Kier molecular flexibility index (Phi) is 10.6. The molecule has 5 heterocycles. The van der Waals surface area contributed by atoms with Gasteiger partial charge in [-0.3, -0.25) is 9.97 Å². The van der Waals surface area contributed by atoms with E-state index in [-0.39, 0.29) is 37.0 Å². The number of carboxylic acids is 1. The van der Waals surface area contributed by atoms with Crippen molar-refractivity contribution in [3.8, 4) is 0 Å². The maximum Gasteiger partial charge on any atom is 1.00 e. The van der Waals surface area contributed by atoms with Gasteiger partial charge in [-0.2, -0.15) is 0 Å². The van der Waals surface area contributed by atoms with Crippen LogP contribution in [-0.4, -0.2) is 39.4 Å². The average Bonchev–Trinajstić information content (AvgIpc) is 3.54. The molecule has 2 N–H and O–H groups in total. The number of aliphatic hydroxyl groups excluding tert-OH is 2. The average molecular weight is 452 g/mol. The molecule has 0 unspecified atom stereocenters. The molecule has 31 heavy (non-hydrogen) atoms. The van der Waals surface area contributed by atoms with Crippen molar-refractivity contribution in [1.29, 1.82) is 0 Å². The van der Waals surface area contributed by atoms with Crippen LogP contribution in [0.25, 0.3) is 20.4 Å². The van der Waals surface area contributed by atoms with Crippen molar-refractivity contribution in [2.45, 2.75) is 26.1 Å². The van der Waals surface area contributed by atoms with Crippen LogP contribution in [0.4, 0.5) is 0 Å². The summed E-state index contributed by atoms with van der Waals surface area (Å²) >= 11 is 2.69. The third kappa shape index (κ3) is 6.82. The first-order valence-electron chi connectivity index (χ1n) is 9.33. The Labute approximate surface area is 199 Å². The topological polar surface area (TPSA) is 116 Å². The molecule has 0 bridgehead atoms. The zero-order valence-electron chi connectivity index (χ0n) is 17.1.